The molecule has 2 heterocycles. The molecule has 0 spiro atoms. The van der Waals surface area contributed by atoms with Crippen LogP contribution in [0.2, 0.25) is 0 Å². The fourth-order valence-electron chi connectivity index (χ4n) is 2.42. The molecule has 6 heteroatoms. The highest BCUT2D eigenvalue weighted by Gasteiger charge is 2.19. The highest BCUT2D eigenvalue weighted by Crippen LogP contribution is 2.10. The van der Waals surface area contributed by atoms with Crippen molar-refractivity contribution in [3.8, 4) is 0 Å². The third-order valence-corrected chi connectivity index (χ3v) is 3.81. The first-order valence-electron chi connectivity index (χ1n) is 7.21. The van der Waals surface area contributed by atoms with E-state index in [0.717, 1.165) is 38.5 Å². The number of hydrogen-bond donors (Lipinski definition) is 1. The Kier molecular flexibility index (Phi) is 5.55. The molecule has 0 aliphatic carbocycles. The number of nitrogens with one attached hydrogen (secondary N) is 1. The number of H-pyrrole nitrogens is 1. The minimum Gasteiger partial charge on any atom is -0.379 e. The van der Waals surface area contributed by atoms with Gasteiger partial charge in [0.1, 0.15) is 5.82 Å². The zero-order chi connectivity index (χ0) is 14.4. The maximum atomic E-state index is 12.1. The molecule has 1 aromatic rings. The second-order valence-electron chi connectivity index (χ2n) is 5.32. The molecule has 0 unspecified atom stereocenters. The van der Waals surface area contributed by atoms with Crippen LogP contribution in [0.5, 0.6) is 0 Å². The number of ether oxygens (including phenoxy) is 1. The number of morpholine rings is 1. The summed E-state index contributed by atoms with van der Waals surface area (Å²) < 4.78 is 5.35. The van der Waals surface area contributed by atoms with Crippen molar-refractivity contribution in [2.75, 3.05) is 33.4 Å². The Labute approximate surface area is 120 Å². The SMILES string of the molecule is C[C@@H](CCC(=O)N(C)Cc1ncc[nH]1)N1CCOCC1. The van der Waals surface area contributed by atoms with Gasteiger partial charge in [0.15, 0.2) is 0 Å². The van der Waals surface area contributed by atoms with Gasteiger partial charge in [-0.3, -0.25) is 9.69 Å². The van der Waals surface area contributed by atoms with E-state index in [9.17, 15) is 4.79 Å². The monoisotopic (exact) mass is 280 g/mol. The van der Waals surface area contributed by atoms with Gasteiger partial charge in [0.05, 0.1) is 19.8 Å². The summed E-state index contributed by atoms with van der Waals surface area (Å²) >= 11 is 0. The minimum atomic E-state index is 0.168. The van der Waals surface area contributed by atoms with Crippen molar-refractivity contribution in [2.45, 2.75) is 32.4 Å². The Hall–Kier alpha value is -1.40. The molecule has 1 N–H and O–H groups in total. The van der Waals surface area contributed by atoms with Crippen molar-refractivity contribution in [3.05, 3.63) is 18.2 Å². The summed E-state index contributed by atoms with van der Waals surface area (Å²) in [7, 11) is 1.82. The van der Waals surface area contributed by atoms with Gasteiger partial charge in [-0.15, -0.1) is 0 Å². The van der Waals surface area contributed by atoms with E-state index in [0.29, 0.717) is 19.0 Å². The van der Waals surface area contributed by atoms with Crippen molar-refractivity contribution in [2.24, 2.45) is 0 Å². The largest absolute Gasteiger partial charge is 0.379 e. The minimum absolute atomic E-state index is 0.168. The summed E-state index contributed by atoms with van der Waals surface area (Å²) in [5.74, 6) is 0.989. The molecule has 1 aromatic heterocycles. The quantitative estimate of drug-likeness (QED) is 0.840. The Bertz CT molecular complexity index is 401. The Morgan fingerprint density at radius 2 is 2.30 bits per heavy atom. The summed E-state index contributed by atoms with van der Waals surface area (Å²) in [6.07, 6.45) is 4.94. The number of amides is 1. The van der Waals surface area contributed by atoms with Crippen LogP contribution in [0.4, 0.5) is 0 Å². The first-order valence-corrected chi connectivity index (χ1v) is 7.21. The third kappa shape index (κ3) is 4.31. The topological polar surface area (TPSA) is 61.5 Å². The molecule has 1 atom stereocenters. The lowest BCUT2D eigenvalue weighted by Crippen LogP contribution is -2.42. The fourth-order valence-corrected chi connectivity index (χ4v) is 2.42. The van der Waals surface area contributed by atoms with Crippen LogP contribution >= 0.6 is 0 Å². The van der Waals surface area contributed by atoms with E-state index in [1.54, 1.807) is 17.3 Å². The summed E-state index contributed by atoms with van der Waals surface area (Å²) in [5, 5.41) is 0. The van der Waals surface area contributed by atoms with Crippen LogP contribution in [0.1, 0.15) is 25.6 Å². The van der Waals surface area contributed by atoms with Crippen molar-refractivity contribution in [1.82, 2.24) is 19.8 Å². The number of imidazole rings is 1. The van der Waals surface area contributed by atoms with Crippen LogP contribution in [-0.2, 0) is 16.1 Å². The first-order chi connectivity index (χ1) is 9.66. The zero-order valence-corrected chi connectivity index (χ0v) is 12.3. The Morgan fingerprint density at radius 3 is 2.95 bits per heavy atom. The van der Waals surface area contributed by atoms with Gasteiger partial charge in [-0.25, -0.2) is 4.98 Å². The molecule has 1 fully saturated rings. The number of nitrogens with zero attached hydrogens (tertiary/aromatic N) is 3. The van der Waals surface area contributed by atoms with Gasteiger partial charge >= 0.3 is 0 Å². The van der Waals surface area contributed by atoms with E-state index in [-0.39, 0.29) is 5.91 Å². The predicted octanol–water partition coefficient (Wildman–Crippen LogP) is 0.869. The standard InChI is InChI=1S/C14H24N4O2/c1-12(18-7-9-20-10-8-18)3-4-14(19)17(2)11-13-15-5-6-16-13/h5-6,12H,3-4,7-11H2,1-2H3,(H,15,16)/t12-/m0/s1. The maximum Gasteiger partial charge on any atom is 0.222 e. The number of carbonyl (C=O) groups is 1. The van der Waals surface area contributed by atoms with Gasteiger partial charge < -0.3 is 14.6 Å². The van der Waals surface area contributed by atoms with Crippen LogP contribution in [0.15, 0.2) is 12.4 Å². The van der Waals surface area contributed by atoms with Gasteiger partial charge in [-0.1, -0.05) is 0 Å². The lowest BCUT2D eigenvalue weighted by atomic mass is 10.1. The van der Waals surface area contributed by atoms with Gasteiger partial charge in [-0.05, 0) is 13.3 Å². The molecule has 0 saturated carbocycles. The molecule has 2 rings (SSSR count). The predicted molar refractivity (Wildman–Crippen MR) is 76.1 cm³/mol. The molecule has 20 heavy (non-hydrogen) atoms. The summed E-state index contributed by atoms with van der Waals surface area (Å²) in [5.41, 5.74) is 0. The lowest BCUT2D eigenvalue weighted by molar-refractivity contribution is -0.131. The number of carbonyl (C=O) groups excluding carboxylic acids is 1. The molecular formula is C14H24N4O2. The molecule has 112 valence electrons. The van der Waals surface area contributed by atoms with Crippen LogP contribution in [0.3, 0.4) is 0 Å². The van der Waals surface area contributed by atoms with E-state index in [1.165, 1.54) is 0 Å². The number of aromatic nitrogens is 2. The van der Waals surface area contributed by atoms with Crippen molar-refractivity contribution in [3.63, 3.8) is 0 Å². The normalized spacial score (nSPS) is 17.9. The molecule has 6 nitrogen and oxygen atoms in total. The zero-order valence-electron chi connectivity index (χ0n) is 12.3. The van der Waals surface area contributed by atoms with Crippen LogP contribution in [0.25, 0.3) is 0 Å². The molecule has 0 aromatic carbocycles. The van der Waals surface area contributed by atoms with Crippen molar-refractivity contribution in [1.29, 1.82) is 0 Å². The fraction of sp³-hybridized carbons (Fsp3) is 0.714. The smallest absolute Gasteiger partial charge is 0.222 e. The molecule has 1 aliphatic rings. The molecule has 1 aliphatic heterocycles. The molecule has 1 amide bonds. The van der Waals surface area contributed by atoms with Crippen LogP contribution in [0, 0.1) is 0 Å². The van der Waals surface area contributed by atoms with Gasteiger partial charge in [0.25, 0.3) is 0 Å². The average molecular weight is 280 g/mol. The number of hydrogen-bond acceptors (Lipinski definition) is 4. The lowest BCUT2D eigenvalue weighted by Gasteiger charge is -2.32. The molecule has 0 radical (unpaired) electrons. The Balaban J connectivity index is 1.70. The highest BCUT2D eigenvalue weighted by molar-refractivity contribution is 5.75. The average Bonchev–Trinajstić information content (AvgIpc) is 2.98. The van der Waals surface area contributed by atoms with Crippen LogP contribution in [-0.4, -0.2) is 65.1 Å². The van der Waals surface area contributed by atoms with Gasteiger partial charge in [0.2, 0.25) is 5.91 Å². The number of rotatable bonds is 6. The molecule has 1 saturated heterocycles. The van der Waals surface area contributed by atoms with E-state index < -0.39 is 0 Å². The molecule has 0 bridgehead atoms. The van der Waals surface area contributed by atoms with E-state index in [1.807, 2.05) is 7.05 Å². The number of aromatic amines is 1. The van der Waals surface area contributed by atoms with E-state index in [4.69, 9.17) is 4.74 Å². The summed E-state index contributed by atoms with van der Waals surface area (Å²) in [4.78, 5) is 23.4. The van der Waals surface area contributed by atoms with Crippen LogP contribution < -0.4 is 0 Å². The second-order valence-corrected chi connectivity index (χ2v) is 5.32. The summed E-state index contributed by atoms with van der Waals surface area (Å²) in [6, 6.07) is 0.430. The molecular weight excluding hydrogens is 256 g/mol. The van der Waals surface area contributed by atoms with Gasteiger partial charge in [-0.2, -0.15) is 0 Å². The second kappa shape index (κ2) is 7.40. The van der Waals surface area contributed by atoms with Gasteiger partial charge in [0, 0.05) is 45.0 Å². The van der Waals surface area contributed by atoms with Crippen molar-refractivity contribution < 1.29 is 9.53 Å². The highest BCUT2D eigenvalue weighted by atomic mass is 16.5. The third-order valence-electron chi connectivity index (χ3n) is 3.81. The van der Waals surface area contributed by atoms with Crippen molar-refractivity contribution >= 4 is 5.91 Å². The Morgan fingerprint density at radius 1 is 1.55 bits per heavy atom. The maximum absolute atomic E-state index is 12.1. The van der Waals surface area contributed by atoms with E-state index in [2.05, 4.69) is 21.8 Å². The first kappa shape index (κ1) is 15.0. The van der Waals surface area contributed by atoms with E-state index >= 15 is 0 Å². The summed E-state index contributed by atoms with van der Waals surface area (Å²) in [6.45, 7) is 6.27.